The first-order chi connectivity index (χ1) is 8.15. The fourth-order valence-electron chi connectivity index (χ4n) is 2.59. The van der Waals surface area contributed by atoms with E-state index in [-0.39, 0.29) is 5.75 Å². The molecule has 1 fully saturated rings. The minimum atomic E-state index is -0.543. The smallest absolute Gasteiger partial charge is 0.165 e. The van der Waals surface area contributed by atoms with Crippen LogP contribution in [0.2, 0.25) is 0 Å². The van der Waals surface area contributed by atoms with Gasteiger partial charge in [-0.3, -0.25) is 0 Å². The third-order valence-corrected chi connectivity index (χ3v) is 3.58. The zero-order valence-electron chi connectivity index (χ0n) is 10.2. The van der Waals surface area contributed by atoms with Crippen molar-refractivity contribution in [1.82, 2.24) is 5.32 Å². The monoisotopic (exact) mass is 237 g/mol. The van der Waals surface area contributed by atoms with Gasteiger partial charge in [-0.25, -0.2) is 4.39 Å². The van der Waals surface area contributed by atoms with Crippen molar-refractivity contribution in [2.75, 3.05) is 6.54 Å². The highest BCUT2D eigenvalue weighted by Crippen LogP contribution is 2.29. The fourth-order valence-corrected chi connectivity index (χ4v) is 2.59. The Bertz CT molecular complexity index is 380. The zero-order chi connectivity index (χ0) is 12.3. The summed E-state index contributed by atoms with van der Waals surface area (Å²) >= 11 is 0. The molecule has 0 saturated heterocycles. The molecule has 2 N–H and O–H groups in total. The Balaban J connectivity index is 1.76. The van der Waals surface area contributed by atoms with Crippen LogP contribution >= 0.6 is 0 Å². The summed E-state index contributed by atoms with van der Waals surface area (Å²) in [6.07, 6.45) is 3.94. The largest absolute Gasteiger partial charge is 0.505 e. The molecule has 1 aliphatic rings. The highest BCUT2D eigenvalue weighted by atomic mass is 19.1. The van der Waals surface area contributed by atoms with E-state index in [1.165, 1.54) is 31.4 Å². The fraction of sp³-hybridized carbons (Fsp3) is 0.571. The van der Waals surface area contributed by atoms with E-state index >= 15 is 0 Å². The molecule has 1 saturated carbocycles. The van der Waals surface area contributed by atoms with Crippen molar-refractivity contribution in [3.05, 3.63) is 29.6 Å². The van der Waals surface area contributed by atoms with Crippen LogP contribution in [-0.2, 0) is 6.54 Å². The number of hydrogen-bond acceptors (Lipinski definition) is 2. The Morgan fingerprint density at radius 3 is 2.88 bits per heavy atom. The maximum Gasteiger partial charge on any atom is 0.165 e. The van der Waals surface area contributed by atoms with E-state index in [0.717, 1.165) is 23.9 Å². The Hall–Kier alpha value is -1.09. The second-order valence-corrected chi connectivity index (χ2v) is 5.20. The number of benzene rings is 1. The third kappa shape index (κ3) is 3.43. The van der Waals surface area contributed by atoms with Crippen molar-refractivity contribution >= 4 is 0 Å². The highest BCUT2D eigenvalue weighted by Gasteiger charge is 2.20. The van der Waals surface area contributed by atoms with Gasteiger partial charge in [0.25, 0.3) is 0 Å². The Morgan fingerprint density at radius 2 is 2.24 bits per heavy atom. The van der Waals surface area contributed by atoms with Gasteiger partial charge in [0.05, 0.1) is 0 Å². The predicted molar refractivity (Wildman–Crippen MR) is 66.3 cm³/mol. The molecular weight excluding hydrogens is 217 g/mol. The Labute approximate surface area is 102 Å². The molecule has 2 atom stereocenters. The molecule has 2 rings (SSSR count). The maximum absolute atomic E-state index is 13.1. The van der Waals surface area contributed by atoms with Gasteiger partial charge in [-0.15, -0.1) is 0 Å². The van der Waals surface area contributed by atoms with E-state index in [2.05, 4.69) is 12.2 Å². The lowest BCUT2D eigenvalue weighted by Gasteiger charge is -2.11. The number of hydrogen-bond donors (Lipinski definition) is 2. The van der Waals surface area contributed by atoms with Crippen LogP contribution in [0, 0.1) is 17.7 Å². The maximum atomic E-state index is 13.1. The van der Waals surface area contributed by atoms with Gasteiger partial charge in [0.15, 0.2) is 11.6 Å². The normalized spacial score (nSPS) is 24.1. The molecule has 94 valence electrons. The molecule has 1 aromatic carbocycles. The first kappa shape index (κ1) is 12.4. The van der Waals surface area contributed by atoms with Gasteiger partial charge in [-0.05, 0) is 48.9 Å². The summed E-state index contributed by atoms with van der Waals surface area (Å²) < 4.78 is 13.1. The zero-order valence-corrected chi connectivity index (χ0v) is 10.2. The number of phenolic OH excluding ortho intramolecular Hbond substituents is 1. The van der Waals surface area contributed by atoms with Crippen molar-refractivity contribution in [1.29, 1.82) is 0 Å². The van der Waals surface area contributed by atoms with Crippen molar-refractivity contribution in [2.24, 2.45) is 11.8 Å². The number of aromatic hydroxyl groups is 1. The SMILES string of the molecule is CC1CCC(CNCc2ccc(O)c(F)c2)C1. The molecule has 17 heavy (non-hydrogen) atoms. The molecule has 2 unspecified atom stereocenters. The van der Waals surface area contributed by atoms with Gasteiger partial charge >= 0.3 is 0 Å². The summed E-state index contributed by atoms with van der Waals surface area (Å²) in [4.78, 5) is 0. The van der Waals surface area contributed by atoms with Gasteiger partial charge < -0.3 is 10.4 Å². The number of nitrogens with one attached hydrogen (secondary N) is 1. The van der Waals surface area contributed by atoms with Crippen molar-refractivity contribution in [3.8, 4) is 5.75 Å². The van der Waals surface area contributed by atoms with Crippen molar-refractivity contribution in [3.63, 3.8) is 0 Å². The molecule has 0 bridgehead atoms. The summed E-state index contributed by atoms with van der Waals surface area (Å²) in [5.74, 6) is 0.803. The minimum absolute atomic E-state index is 0.279. The lowest BCUT2D eigenvalue weighted by molar-refractivity contribution is 0.430. The van der Waals surface area contributed by atoms with Gasteiger partial charge in [-0.2, -0.15) is 0 Å². The second kappa shape index (κ2) is 5.50. The lowest BCUT2D eigenvalue weighted by atomic mass is 10.1. The highest BCUT2D eigenvalue weighted by molar-refractivity contribution is 5.27. The van der Waals surface area contributed by atoms with Crippen LogP contribution in [0.25, 0.3) is 0 Å². The first-order valence-corrected chi connectivity index (χ1v) is 6.33. The van der Waals surface area contributed by atoms with Crippen LogP contribution in [0.15, 0.2) is 18.2 Å². The molecule has 3 heteroatoms. The molecule has 1 aliphatic carbocycles. The van der Waals surface area contributed by atoms with Gasteiger partial charge in [0.2, 0.25) is 0 Å². The van der Waals surface area contributed by atoms with Crippen LogP contribution in [0.1, 0.15) is 31.7 Å². The van der Waals surface area contributed by atoms with E-state index in [9.17, 15) is 4.39 Å². The molecular formula is C14H20FNO. The van der Waals surface area contributed by atoms with Crippen molar-refractivity contribution in [2.45, 2.75) is 32.7 Å². The van der Waals surface area contributed by atoms with Gasteiger partial charge in [-0.1, -0.05) is 19.4 Å². The van der Waals surface area contributed by atoms with E-state index in [4.69, 9.17) is 5.11 Å². The summed E-state index contributed by atoms with van der Waals surface area (Å²) in [6.45, 7) is 3.98. The average molecular weight is 237 g/mol. The van der Waals surface area contributed by atoms with E-state index in [0.29, 0.717) is 6.54 Å². The van der Waals surface area contributed by atoms with E-state index in [1.807, 2.05) is 0 Å². The van der Waals surface area contributed by atoms with Crippen LogP contribution in [0.3, 0.4) is 0 Å². The molecule has 1 aromatic rings. The van der Waals surface area contributed by atoms with Crippen molar-refractivity contribution < 1.29 is 9.50 Å². The molecule has 0 spiro atoms. The summed E-state index contributed by atoms with van der Waals surface area (Å²) in [5.41, 5.74) is 0.881. The number of halogens is 1. The summed E-state index contributed by atoms with van der Waals surface area (Å²) in [5, 5.41) is 12.4. The molecule has 0 aliphatic heterocycles. The van der Waals surface area contributed by atoms with Gasteiger partial charge in [0, 0.05) is 6.54 Å². The predicted octanol–water partition coefficient (Wildman–Crippen LogP) is 3.06. The molecule has 0 aromatic heterocycles. The number of rotatable bonds is 4. The minimum Gasteiger partial charge on any atom is -0.505 e. The van der Waals surface area contributed by atoms with Crippen LogP contribution in [0.5, 0.6) is 5.75 Å². The molecule has 0 heterocycles. The van der Waals surface area contributed by atoms with Gasteiger partial charge in [0.1, 0.15) is 0 Å². The average Bonchev–Trinajstić information content (AvgIpc) is 2.70. The summed E-state index contributed by atoms with van der Waals surface area (Å²) in [6, 6.07) is 4.55. The summed E-state index contributed by atoms with van der Waals surface area (Å²) in [7, 11) is 0. The van der Waals surface area contributed by atoms with Crippen LogP contribution < -0.4 is 5.32 Å². The lowest BCUT2D eigenvalue weighted by Crippen LogP contribution is -2.21. The Kier molecular flexibility index (Phi) is 4.00. The van der Waals surface area contributed by atoms with Crippen LogP contribution in [-0.4, -0.2) is 11.7 Å². The Morgan fingerprint density at radius 1 is 1.41 bits per heavy atom. The molecule has 2 nitrogen and oxygen atoms in total. The first-order valence-electron chi connectivity index (χ1n) is 6.33. The van der Waals surface area contributed by atoms with E-state index in [1.54, 1.807) is 6.07 Å². The van der Waals surface area contributed by atoms with E-state index < -0.39 is 5.82 Å². The topological polar surface area (TPSA) is 32.3 Å². The quantitative estimate of drug-likeness (QED) is 0.843. The molecule has 0 amide bonds. The second-order valence-electron chi connectivity index (χ2n) is 5.20. The molecule has 0 radical (unpaired) electrons. The standard InChI is InChI=1S/C14H20FNO/c1-10-2-3-11(6-10)8-16-9-12-4-5-14(17)13(15)7-12/h4-5,7,10-11,16-17H,2-3,6,8-9H2,1H3. The van der Waals surface area contributed by atoms with Crippen LogP contribution in [0.4, 0.5) is 4.39 Å². The third-order valence-electron chi connectivity index (χ3n) is 3.58. The number of phenols is 1.